The number of carbonyl (C=O) groups is 1. The minimum Gasteiger partial charge on any atom is -0.462 e. The fourth-order valence-corrected chi connectivity index (χ4v) is 1.39. The van der Waals surface area contributed by atoms with Crippen molar-refractivity contribution in [2.45, 2.75) is 20.5 Å². The second kappa shape index (κ2) is 5.29. The Balaban J connectivity index is 3.23. The summed E-state index contributed by atoms with van der Waals surface area (Å²) in [7, 11) is 0. The number of ether oxygens (including phenoxy) is 1. The summed E-state index contributed by atoms with van der Waals surface area (Å²) in [5, 5.41) is 18.0. The molecule has 0 spiro atoms. The molecule has 0 atom stereocenters. The van der Waals surface area contributed by atoms with Crippen molar-refractivity contribution < 1.29 is 14.6 Å². The Morgan fingerprint density at radius 2 is 2.25 bits per heavy atom. The molecule has 1 aromatic carbocycles. The predicted molar refractivity (Wildman–Crippen MR) is 57.8 cm³/mol. The van der Waals surface area contributed by atoms with Crippen LogP contribution in [0.2, 0.25) is 0 Å². The second-order valence-corrected chi connectivity index (χ2v) is 3.30. The Bertz CT molecular complexity index is 446. The highest BCUT2D eigenvalue weighted by atomic mass is 16.5. The minimum absolute atomic E-state index is 0.201. The number of esters is 1. The van der Waals surface area contributed by atoms with Crippen molar-refractivity contribution in [3.05, 3.63) is 34.4 Å². The van der Waals surface area contributed by atoms with E-state index in [1.54, 1.807) is 19.9 Å². The highest BCUT2D eigenvalue weighted by molar-refractivity contribution is 5.90. The molecule has 0 aliphatic heterocycles. The number of aliphatic hydroxyl groups is 1. The van der Waals surface area contributed by atoms with Crippen LogP contribution < -0.4 is 0 Å². The van der Waals surface area contributed by atoms with Gasteiger partial charge in [-0.1, -0.05) is 0 Å². The van der Waals surface area contributed by atoms with E-state index in [0.29, 0.717) is 22.3 Å². The van der Waals surface area contributed by atoms with Crippen molar-refractivity contribution in [3.8, 4) is 6.07 Å². The zero-order valence-corrected chi connectivity index (χ0v) is 9.28. The normalized spacial score (nSPS) is 9.62. The summed E-state index contributed by atoms with van der Waals surface area (Å²) >= 11 is 0. The highest BCUT2D eigenvalue weighted by Crippen LogP contribution is 2.17. The van der Waals surface area contributed by atoms with Crippen molar-refractivity contribution in [1.82, 2.24) is 0 Å². The number of aliphatic hydroxyl groups excluding tert-OH is 1. The van der Waals surface area contributed by atoms with Crippen molar-refractivity contribution in [2.75, 3.05) is 6.61 Å². The SMILES string of the molecule is CCOC(=O)c1cc(C#N)c(C)c(CO)c1. The molecule has 1 N–H and O–H groups in total. The summed E-state index contributed by atoms with van der Waals surface area (Å²) in [6.45, 7) is 3.53. The van der Waals surface area contributed by atoms with Gasteiger partial charge >= 0.3 is 5.97 Å². The quantitative estimate of drug-likeness (QED) is 0.783. The van der Waals surface area contributed by atoms with Gasteiger partial charge in [-0.15, -0.1) is 0 Å². The molecule has 0 aliphatic carbocycles. The summed E-state index contributed by atoms with van der Waals surface area (Å²) in [6.07, 6.45) is 0. The van der Waals surface area contributed by atoms with Gasteiger partial charge in [0.2, 0.25) is 0 Å². The molecule has 0 saturated heterocycles. The molecule has 0 bridgehead atoms. The van der Waals surface area contributed by atoms with Crippen LogP contribution in [0.5, 0.6) is 0 Å². The lowest BCUT2D eigenvalue weighted by molar-refractivity contribution is 0.0526. The van der Waals surface area contributed by atoms with Crippen molar-refractivity contribution >= 4 is 5.97 Å². The largest absolute Gasteiger partial charge is 0.462 e. The smallest absolute Gasteiger partial charge is 0.338 e. The summed E-state index contributed by atoms with van der Waals surface area (Å²) in [5.74, 6) is -0.478. The Labute approximate surface area is 94.1 Å². The molecule has 84 valence electrons. The van der Waals surface area contributed by atoms with Gasteiger partial charge in [-0.05, 0) is 37.1 Å². The fraction of sp³-hybridized carbons (Fsp3) is 0.333. The number of hydrogen-bond acceptors (Lipinski definition) is 4. The van der Waals surface area contributed by atoms with Crippen LogP contribution in [0, 0.1) is 18.3 Å². The molecule has 0 unspecified atom stereocenters. The van der Waals surface area contributed by atoms with Gasteiger partial charge < -0.3 is 9.84 Å². The first-order chi connectivity index (χ1) is 7.63. The number of benzene rings is 1. The van der Waals surface area contributed by atoms with Crippen LogP contribution in [0.3, 0.4) is 0 Å². The minimum atomic E-state index is -0.478. The zero-order chi connectivity index (χ0) is 12.1. The zero-order valence-electron chi connectivity index (χ0n) is 9.28. The number of rotatable bonds is 3. The molecule has 4 heteroatoms. The third-order valence-corrected chi connectivity index (χ3v) is 2.32. The maximum absolute atomic E-state index is 11.5. The van der Waals surface area contributed by atoms with Gasteiger partial charge in [-0.25, -0.2) is 4.79 Å². The van der Waals surface area contributed by atoms with Crippen molar-refractivity contribution in [3.63, 3.8) is 0 Å². The van der Waals surface area contributed by atoms with E-state index in [2.05, 4.69) is 0 Å². The van der Waals surface area contributed by atoms with Crippen LogP contribution in [0.1, 0.15) is 34.0 Å². The van der Waals surface area contributed by atoms with Crippen LogP contribution in [0.15, 0.2) is 12.1 Å². The topological polar surface area (TPSA) is 70.3 Å². The number of nitrogens with zero attached hydrogens (tertiary/aromatic N) is 1. The monoisotopic (exact) mass is 219 g/mol. The standard InChI is InChI=1S/C12H13NO3/c1-3-16-12(15)9-4-10(6-13)8(2)11(5-9)7-14/h4-5,14H,3,7H2,1-2H3. The average Bonchev–Trinajstić information content (AvgIpc) is 2.29. The number of carbonyl (C=O) groups excluding carboxylic acids is 1. The Morgan fingerprint density at radius 1 is 1.56 bits per heavy atom. The second-order valence-electron chi connectivity index (χ2n) is 3.30. The Hall–Kier alpha value is -1.86. The summed E-state index contributed by atoms with van der Waals surface area (Å²) in [4.78, 5) is 11.5. The van der Waals surface area contributed by atoms with Crippen molar-refractivity contribution in [1.29, 1.82) is 5.26 Å². The first kappa shape index (κ1) is 12.2. The molecule has 0 aromatic heterocycles. The van der Waals surface area contributed by atoms with Gasteiger partial charge in [0.25, 0.3) is 0 Å². The van der Waals surface area contributed by atoms with Gasteiger partial charge in [-0.2, -0.15) is 5.26 Å². The van der Waals surface area contributed by atoms with Crippen LogP contribution in [0.25, 0.3) is 0 Å². The molecule has 16 heavy (non-hydrogen) atoms. The molecule has 0 fully saturated rings. The summed E-state index contributed by atoms with van der Waals surface area (Å²) in [5.41, 5.74) is 1.95. The first-order valence-electron chi connectivity index (χ1n) is 4.95. The van der Waals surface area contributed by atoms with Gasteiger partial charge in [0.1, 0.15) is 0 Å². The Morgan fingerprint density at radius 3 is 2.75 bits per heavy atom. The summed E-state index contributed by atoms with van der Waals surface area (Å²) in [6, 6.07) is 5.02. The first-order valence-corrected chi connectivity index (χ1v) is 4.95. The molecule has 1 aromatic rings. The van der Waals surface area contributed by atoms with Gasteiger partial charge in [-0.3, -0.25) is 0 Å². The lowest BCUT2D eigenvalue weighted by Gasteiger charge is -2.08. The average molecular weight is 219 g/mol. The van der Waals surface area contributed by atoms with E-state index in [1.807, 2.05) is 6.07 Å². The molecule has 0 heterocycles. The molecule has 4 nitrogen and oxygen atoms in total. The lowest BCUT2D eigenvalue weighted by atomic mass is 10.00. The molecular weight excluding hydrogens is 206 g/mol. The maximum atomic E-state index is 11.5. The lowest BCUT2D eigenvalue weighted by Crippen LogP contribution is -2.07. The van der Waals surface area contributed by atoms with Crippen LogP contribution >= 0.6 is 0 Å². The van der Waals surface area contributed by atoms with E-state index in [4.69, 9.17) is 15.1 Å². The highest BCUT2D eigenvalue weighted by Gasteiger charge is 2.12. The van der Waals surface area contributed by atoms with Crippen LogP contribution in [0.4, 0.5) is 0 Å². The third kappa shape index (κ3) is 2.38. The van der Waals surface area contributed by atoms with Crippen LogP contribution in [-0.2, 0) is 11.3 Å². The molecular formula is C12H13NO3. The summed E-state index contributed by atoms with van der Waals surface area (Å²) < 4.78 is 4.84. The van der Waals surface area contributed by atoms with E-state index >= 15 is 0 Å². The Kier molecular flexibility index (Phi) is 4.03. The van der Waals surface area contributed by atoms with Crippen molar-refractivity contribution in [2.24, 2.45) is 0 Å². The molecule has 1 rings (SSSR count). The number of nitriles is 1. The predicted octanol–water partition coefficient (Wildman–Crippen LogP) is 1.54. The third-order valence-electron chi connectivity index (χ3n) is 2.32. The molecule has 0 saturated carbocycles. The van der Waals surface area contributed by atoms with Gasteiger partial charge in [0.05, 0.1) is 30.4 Å². The van der Waals surface area contributed by atoms with E-state index < -0.39 is 5.97 Å². The van der Waals surface area contributed by atoms with E-state index in [1.165, 1.54) is 6.07 Å². The fourth-order valence-electron chi connectivity index (χ4n) is 1.39. The number of hydrogen-bond donors (Lipinski definition) is 1. The van der Waals surface area contributed by atoms with Crippen LogP contribution in [-0.4, -0.2) is 17.7 Å². The van der Waals surface area contributed by atoms with Gasteiger partial charge in [0.15, 0.2) is 0 Å². The van der Waals surface area contributed by atoms with E-state index in [0.717, 1.165) is 0 Å². The van der Waals surface area contributed by atoms with E-state index in [9.17, 15) is 4.79 Å². The molecule has 0 amide bonds. The maximum Gasteiger partial charge on any atom is 0.338 e. The van der Waals surface area contributed by atoms with E-state index in [-0.39, 0.29) is 13.2 Å². The van der Waals surface area contributed by atoms with Gasteiger partial charge in [0, 0.05) is 0 Å². The molecule has 0 aliphatic rings. The molecule has 0 radical (unpaired) electrons.